The Morgan fingerprint density at radius 3 is 2.82 bits per heavy atom. The Kier molecular flexibility index (Phi) is 5.04. The van der Waals surface area contributed by atoms with E-state index in [0.717, 1.165) is 9.37 Å². The summed E-state index contributed by atoms with van der Waals surface area (Å²) in [5, 5.41) is 9.11. The monoisotopic (exact) mass is 317 g/mol. The van der Waals surface area contributed by atoms with Gasteiger partial charge in [-0.05, 0) is 31.5 Å². The van der Waals surface area contributed by atoms with E-state index in [1.54, 1.807) is 18.7 Å². The van der Waals surface area contributed by atoms with Crippen molar-refractivity contribution in [3.05, 3.63) is 28.7 Å². The van der Waals surface area contributed by atoms with Crippen molar-refractivity contribution >= 4 is 33.7 Å². The van der Waals surface area contributed by atoms with Crippen LogP contribution in [0, 0.1) is 0 Å². The molecule has 2 atom stereocenters. The molecule has 0 fully saturated rings. The average Bonchev–Trinajstić information content (AvgIpc) is 2.15. The summed E-state index contributed by atoms with van der Waals surface area (Å²) in [7, 11) is 0. The summed E-state index contributed by atoms with van der Waals surface area (Å²) in [5.41, 5.74) is 4.55. The van der Waals surface area contributed by atoms with Gasteiger partial charge in [0.15, 0.2) is 0 Å². The summed E-state index contributed by atoms with van der Waals surface area (Å²) in [6.07, 6.45) is 0.430. The molecule has 3 nitrogen and oxygen atoms in total. The van der Waals surface area contributed by atoms with E-state index in [1.807, 2.05) is 31.2 Å². The number of aliphatic carboxylic acids is 1. The van der Waals surface area contributed by atoms with Crippen LogP contribution in [0.4, 0.5) is 0 Å². The smallest absolute Gasteiger partial charge is 0.323 e. The van der Waals surface area contributed by atoms with Gasteiger partial charge in [-0.25, -0.2) is 0 Å². The molecular weight excluding hydrogens is 302 g/mol. The third-order valence-electron chi connectivity index (χ3n) is 2.33. The van der Waals surface area contributed by atoms with Gasteiger partial charge in [0.25, 0.3) is 0 Å². The lowest BCUT2D eigenvalue weighted by Crippen LogP contribution is -2.46. The zero-order chi connectivity index (χ0) is 13.1. The van der Waals surface area contributed by atoms with Gasteiger partial charge >= 0.3 is 5.97 Å². The van der Waals surface area contributed by atoms with E-state index in [-0.39, 0.29) is 5.25 Å². The molecule has 94 valence electrons. The van der Waals surface area contributed by atoms with Crippen LogP contribution in [-0.4, -0.2) is 21.9 Å². The number of halogens is 1. The molecule has 0 saturated heterocycles. The topological polar surface area (TPSA) is 63.3 Å². The Morgan fingerprint density at radius 1 is 1.65 bits per heavy atom. The van der Waals surface area contributed by atoms with Crippen LogP contribution in [0.1, 0.15) is 20.3 Å². The summed E-state index contributed by atoms with van der Waals surface area (Å²) in [6, 6.07) is 7.92. The number of hydrogen-bond donors (Lipinski definition) is 2. The van der Waals surface area contributed by atoms with E-state index >= 15 is 0 Å². The number of hydrogen-bond acceptors (Lipinski definition) is 3. The first-order chi connectivity index (χ1) is 7.81. The molecule has 0 aliphatic heterocycles. The normalized spacial score (nSPS) is 16.2. The first-order valence-electron chi connectivity index (χ1n) is 5.26. The molecule has 1 rings (SSSR count). The highest BCUT2D eigenvalue weighted by molar-refractivity contribution is 9.10. The van der Waals surface area contributed by atoms with Crippen molar-refractivity contribution in [2.75, 3.05) is 0 Å². The Balaban J connectivity index is 2.61. The molecule has 1 aromatic carbocycles. The Morgan fingerprint density at radius 2 is 2.29 bits per heavy atom. The third-order valence-corrected chi connectivity index (χ3v) is 3.92. The molecule has 17 heavy (non-hydrogen) atoms. The van der Waals surface area contributed by atoms with Crippen LogP contribution < -0.4 is 5.73 Å². The molecule has 0 aromatic heterocycles. The maximum Gasteiger partial charge on any atom is 0.323 e. The molecule has 0 spiro atoms. The number of rotatable bonds is 5. The van der Waals surface area contributed by atoms with E-state index in [0.29, 0.717) is 6.42 Å². The number of carbonyl (C=O) groups is 1. The molecule has 0 heterocycles. The standard InChI is InChI=1S/C12H16BrNO2S/c1-8(7-12(2,14)11(15)16)17-10-5-3-4-9(13)6-10/h3-6,8H,7,14H2,1-2H3,(H,15,16). The highest BCUT2D eigenvalue weighted by atomic mass is 79.9. The Hall–Kier alpha value is -0.520. The van der Waals surface area contributed by atoms with Crippen LogP contribution in [0.3, 0.4) is 0 Å². The SMILES string of the molecule is CC(CC(C)(N)C(=O)O)Sc1cccc(Br)c1. The summed E-state index contributed by atoms with van der Waals surface area (Å²) < 4.78 is 1.02. The first-order valence-corrected chi connectivity index (χ1v) is 6.93. The van der Waals surface area contributed by atoms with E-state index in [4.69, 9.17) is 10.8 Å². The highest BCUT2D eigenvalue weighted by Gasteiger charge is 2.30. The minimum atomic E-state index is -1.17. The number of benzene rings is 1. The van der Waals surface area contributed by atoms with E-state index in [9.17, 15) is 4.79 Å². The van der Waals surface area contributed by atoms with Crippen molar-refractivity contribution in [2.24, 2.45) is 5.73 Å². The van der Waals surface area contributed by atoms with Crippen molar-refractivity contribution < 1.29 is 9.90 Å². The van der Waals surface area contributed by atoms with Crippen molar-refractivity contribution in [1.29, 1.82) is 0 Å². The van der Waals surface area contributed by atoms with E-state index in [2.05, 4.69) is 15.9 Å². The van der Waals surface area contributed by atoms with Crippen molar-refractivity contribution in [3.8, 4) is 0 Å². The molecule has 1 aromatic rings. The van der Waals surface area contributed by atoms with Crippen LogP contribution in [0.5, 0.6) is 0 Å². The molecule has 0 aliphatic rings. The largest absolute Gasteiger partial charge is 0.480 e. The molecule has 0 bridgehead atoms. The molecule has 3 N–H and O–H groups in total. The molecule has 0 radical (unpaired) electrons. The second kappa shape index (κ2) is 5.89. The van der Waals surface area contributed by atoms with Gasteiger partial charge in [-0.2, -0.15) is 0 Å². The number of carboxylic acids is 1. The summed E-state index contributed by atoms with van der Waals surface area (Å²) in [6.45, 7) is 3.53. The lowest BCUT2D eigenvalue weighted by Gasteiger charge is -2.23. The maximum atomic E-state index is 10.9. The predicted octanol–water partition coefficient (Wildman–Crippen LogP) is 3.12. The van der Waals surface area contributed by atoms with Crippen LogP contribution >= 0.6 is 27.7 Å². The van der Waals surface area contributed by atoms with Crippen LogP contribution in [0.15, 0.2) is 33.6 Å². The van der Waals surface area contributed by atoms with Crippen molar-refractivity contribution in [1.82, 2.24) is 0 Å². The average molecular weight is 318 g/mol. The third kappa shape index (κ3) is 4.69. The van der Waals surface area contributed by atoms with Crippen LogP contribution in [-0.2, 0) is 4.79 Å². The molecule has 0 saturated carbocycles. The number of carboxylic acid groups (broad SMARTS) is 1. The van der Waals surface area contributed by atoms with Gasteiger partial charge in [-0.15, -0.1) is 11.8 Å². The molecule has 0 amide bonds. The summed E-state index contributed by atoms with van der Waals surface area (Å²) in [4.78, 5) is 12.0. The zero-order valence-electron chi connectivity index (χ0n) is 9.81. The molecular formula is C12H16BrNO2S. The number of thioether (sulfide) groups is 1. The fourth-order valence-corrected chi connectivity index (χ4v) is 3.30. The second-order valence-corrected chi connectivity index (χ2v) is 6.74. The zero-order valence-corrected chi connectivity index (χ0v) is 12.2. The lowest BCUT2D eigenvalue weighted by molar-refractivity contribution is -0.142. The predicted molar refractivity (Wildman–Crippen MR) is 74.3 cm³/mol. The number of nitrogens with two attached hydrogens (primary N) is 1. The molecule has 2 unspecified atom stereocenters. The van der Waals surface area contributed by atoms with Gasteiger partial charge in [0.2, 0.25) is 0 Å². The Labute approximate surface area is 114 Å². The minimum Gasteiger partial charge on any atom is -0.480 e. The lowest BCUT2D eigenvalue weighted by atomic mass is 9.98. The quantitative estimate of drug-likeness (QED) is 0.819. The second-order valence-electron chi connectivity index (χ2n) is 4.31. The Bertz CT molecular complexity index is 409. The van der Waals surface area contributed by atoms with Gasteiger partial charge in [0, 0.05) is 14.6 Å². The van der Waals surface area contributed by atoms with Crippen molar-refractivity contribution in [2.45, 2.75) is 36.0 Å². The van der Waals surface area contributed by atoms with Crippen LogP contribution in [0.25, 0.3) is 0 Å². The molecule has 5 heteroatoms. The van der Waals surface area contributed by atoms with Gasteiger partial charge < -0.3 is 10.8 Å². The minimum absolute atomic E-state index is 0.149. The molecule has 0 aliphatic carbocycles. The van der Waals surface area contributed by atoms with Crippen LogP contribution in [0.2, 0.25) is 0 Å². The maximum absolute atomic E-state index is 10.9. The van der Waals surface area contributed by atoms with Gasteiger partial charge in [-0.3, -0.25) is 4.79 Å². The fourth-order valence-electron chi connectivity index (χ4n) is 1.50. The van der Waals surface area contributed by atoms with E-state index in [1.165, 1.54) is 0 Å². The summed E-state index contributed by atoms with van der Waals surface area (Å²) >= 11 is 5.03. The fraction of sp³-hybridized carbons (Fsp3) is 0.417. The first kappa shape index (κ1) is 14.5. The van der Waals surface area contributed by atoms with Gasteiger partial charge in [0.1, 0.15) is 5.54 Å². The highest BCUT2D eigenvalue weighted by Crippen LogP contribution is 2.29. The van der Waals surface area contributed by atoms with Gasteiger partial charge in [0.05, 0.1) is 0 Å². The van der Waals surface area contributed by atoms with Crippen molar-refractivity contribution in [3.63, 3.8) is 0 Å². The van der Waals surface area contributed by atoms with E-state index < -0.39 is 11.5 Å². The van der Waals surface area contributed by atoms with Gasteiger partial charge in [-0.1, -0.05) is 28.9 Å². The summed E-state index contributed by atoms with van der Waals surface area (Å²) in [5.74, 6) is -0.959.